The van der Waals surface area contributed by atoms with Crippen LogP contribution in [0.5, 0.6) is 0 Å². The summed E-state index contributed by atoms with van der Waals surface area (Å²) in [4.78, 5) is 2.60. The van der Waals surface area contributed by atoms with Crippen molar-refractivity contribution >= 4 is 0 Å². The van der Waals surface area contributed by atoms with Gasteiger partial charge in [-0.15, -0.1) is 6.58 Å². The first-order chi connectivity index (χ1) is 9.76. The van der Waals surface area contributed by atoms with Gasteiger partial charge in [0.1, 0.15) is 0 Å². The number of nitrogens with zero attached hydrogens (tertiary/aromatic N) is 1. The molecule has 0 saturated heterocycles. The summed E-state index contributed by atoms with van der Waals surface area (Å²) in [5.74, 6) is 0. The first kappa shape index (κ1) is 11.9. The Morgan fingerprint density at radius 1 is 1.15 bits per heavy atom. The van der Waals surface area contributed by atoms with Crippen LogP contribution < -0.4 is 0 Å². The van der Waals surface area contributed by atoms with Gasteiger partial charge >= 0.3 is 0 Å². The van der Waals surface area contributed by atoms with E-state index in [4.69, 9.17) is 0 Å². The monoisotopic (exact) mass is 261 g/mol. The standard InChI is InChI=1S/C19H19N/c1-3-12-20-18-13-14-8-4-6-10-16(14)19(20,2)17-11-7-5-9-15(17)18/h3-11,18H,1,12-13H2,2H3. The van der Waals surface area contributed by atoms with Crippen LogP contribution in [-0.2, 0) is 12.0 Å². The molecule has 2 aromatic carbocycles. The van der Waals surface area contributed by atoms with Crippen LogP contribution in [0.4, 0.5) is 0 Å². The molecule has 0 spiro atoms. The molecular weight excluding hydrogens is 242 g/mol. The van der Waals surface area contributed by atoms with Crippen LogP contribution >= 0.6 is 0 Å². The first-order valence-electron chi connectivity index (χ1n) is 7.32. The van der Waals surface area contributed by atoms with Crippen LogP contribution in [0.15, 0.2) is 61.2 Å². The van der Waals surface area contributed by atoms with Gasteiger partial charge in [0, 0.05) is 12.6 Å². The van der Waals surface area contributed by atoms with Gasteiger partial charge in [-0.05, 0) is 35.6 Å². The number of hydrogen-bond acceptors (Lipinski definition) is 1. The summed E-state index contributed by atoms with van der Waals surface area (Å²) in [7, 11) is 0. The summed E-state index contributed by atoms with van der Waals surface area (Å²) < 4.78 is 0. The SMILES string of the molecule is C=CCN1C2Cc3ccccc3C1(C)c1ccccc12. The smallest absolute Gasteiger partial charge is 0.0700 e. The highest BCUT2D eigenvalue weighted by molar-refractivity contribution is 5.54. The molecule has 2 aliphatic heterocycles. The van der Waals surface area contributed by atoms with Crippen molar-refractivity contribution in [2.24, 2.45) is 0 Å². The van der Waals surface area contributed by atoms with Gasteiger partial charge in [-0.2, -0.15) is 0 Å². The van der Waals surface area contributed by atoms with Gasteiger partial charge in [-0.3, -0.25) is 4.90 Å². The molecule has 0 amide bonds. The minimum Gasteiger partial charge on any atom is -0.279 e. The average molecular weight is 261 g/mol. The third kappa shape index (κ3) is 1.31. The predicted octanol–water partition coefficient (Wildman–Crippen LogP) is 4.05. The molecule has 100 valence electrons. The topological polar surface area (TPSA) is 3.24 Å². The Labute approximate surface area is 120 Å². The van der Waals surface area contributed by atoms with Crippen molar-refractivity contribution in [2.75, 3.05) is 6.54 Å². The molecule has 2 bridgehead atoms. The van der Waals surface area contributed by atoms with E-state index in [2.05, 4.69) is 66.9 Å². The molecule has 2 atom stereocenters. The Morgan fingerprint density at radius 3 is 2.65 bits per heavy atom. The van der Waals surface area contributed by atoms with Gasteiger partial charge in [-0.25, -0.2) is 0 Å². The molecule has 0 aromatic heterocycles. The maximum Gasteiger partial charge on any atom is 0.0700 e. The maximum atomic E-state index is 3.96. The molecule has 0 aliphatic carbocycles. The Hall–Kier alpha value is -1.86. The minimum atomic E-state index is -0.00963. The fourth-order valence-electron chi connectivity index (χ4n) is 4.22. The van der Waals surface area contributed by atoms with Gasteiger partial charge in [0.2, 0.25) is 0 Å². The third-order valence-electron chi connectivity index (χ3n) is 5.08. The van der Waals surface area contributed by atoms with Gasteiger partial charge in [0.25, 0.3) is 0 Å². The van der Waals surface area contributed by atoms with Crippen molar-refractivity contribution in [3.05, 3.63) is 83.4 Å². The van der Waals surface area contributed by atoms with E-state index in [1.165, 1.54) is 22.3 Å². The molecular formula is C19H19N. The predicted molar refractivity (Wildman–Crippen MR) is 82.7 cm³/mol. The summed E-state index contributed by atoms with van der Waals surface area (Å²) in [6.45, 7) is 7.26. The van der Waals surface area contributed by atoms with Crippen LogP contribution in [0.2, 0.25) is 0 Å². The summed E-state index contributed by atoms with van der Waals surface area (Å²) in [5, 5.41) is 0. The first-order valence-corrected chi connectivity index (χ1v) is 7.32. The molecule has 2 aromatic rings. The lowest BCUT2D eigenvalue weighted by atomic mass is 9.80. The van der Waals surface area contributed by atoms with Crippen molar-refractivity contribution in [1.82, 2.24) is 4.90 Å². The number of hydrogen-bond donors (Lipinski definition) is 0. The fraction of sp³-hybridized carbons (Fsp3) is 0.263. The minimum absolute atomic E-state index is 0.00963. The second-order valence-electron chi connectivity index (χ2n) is 5.98. The highest BCUT2D eigenvalue weighted by Crippen LogP contribution is 2.55. The molecule has 1 heteroatoms. The zero-order valence-corrected chi connectivity index (χ0v) is 11.8. The van der Waals surface area contributed by atoms with E-state index in [9.17, 15) is 0 Å². The molecule has 1 nitrogen and oxygen atoms in total. The number of fused-ring (bicyclic) bond motifs is 7. The molecule has 0 N–H and O–H groups in total. The lowest BCUT2D eigenvalue weighted by Crippen LogP contribution is -2.45. The molecule has 0 fully saturated rings. The second kappa shape index (κ2) is 4.07. The lowest BCUT2D eigenvalue weighted by Gasteiger charge is -2.44. The number of rotatable bonds is 2. The molecule has 2 aliphatic rings. The second-order valence-corrected chi connectivity index (χ2v) is 5.98. The Bertz CT molecular complexity index is 675. The lowest BCUT2D eigenvalue weighted by molar-refractivity contribution is 0.112. The molecule has 2 unspecified atom stereocenters. The van der Waals surface area contributed by atoms with Crippen molar-refractivity contribution in [3.63, 3.8) is 0 Å². The molecule has 2 heterocycles. The summed E-state index contributed by atoms with van der Waals surface area (Å²) >= 11 is 0. The largest absolute Gasteiger partial charge is 0.279 e. The van der Waals surface area contributed by atoms with E-state index in [0.29, 0.717) is 6.04 Å². The van der Waals surface area contributed by atoms with Gasteiger partial charge in [0.15, 0.2) is 0 Å². The van der Waals surface area contributed by atoms with E-state index < -0.39 is 0 Å². The van der Waals surface area contributed by atoms with Crippen LogP contribution in [0.25, 0.3) is 0 Å². The van der Waals surface area contributed by atoms with Gasteiger partial charge in [-0.1, -0.05) is 54.6 Å². The maximum absolute atomic E-state index is 3.96. The van der Waals surface area contributed by atoms with E-state index in [0.717, 1.165) is 13.0 Å². The Morgan fingerprint density at radius 2 is 1.85 bits per heavy atom. The van der Waals surface area contributed by atoms with Crippen molar-refractivity contribution < 1.29 is 0 Å². The zero-order chi connectivity index (χ0) is 13.7. The Balaban J connectivity index is 2.02. The van der Waals surface area contributed by atoms with E-state index in [1.54, 1.807) is 0 Å². The van der Waals surface area contributed by atoms with Crippen LogP contribution in [0, 0.1) is 0 Å². The Kier molecular flexibility index (Phi) is 2.42. The quantitative estimate of drug-likeness (QED) is 0.737. The fourth-order valence-corrected chi connectivity index (χ4v) is 4.22. The molecule has 4 rings (SSSR count). The summed E-state index contributed by atoms with van der Waals surface area (Å²) in [6, 6.07) is 18.3. The summed E-state index contributed by atoms with van der Waals surface area (Å²) in [6.07, 6.45) is 3.14. The summed E-state index contributed by atoms with van der Waals surface area (Å²) in [5.41, 5.74) is 5.91. The number of benzene rings is 2. The normalized spacial score (nSPS) is 26.9. The van der Waals surface area contributed by atoms with E-state index in [1.807, 2.05) is 6.08 Å². The van der Waals surface area contributed by atoms with E-state index in [-0.39, 0.29) is 5.54 Å². The molecule has 0 saturated carbocycles. The van der Waals surface area contributed by atoms with Gasteiger partial charge in [0.05, 0.1) is 5.54 Å². The zero-order valence-electron chi connectivity index (χ0n) is 11.8. The third-order valence-corrected chi connectivity index (χ3v) is 5.08. The van der Waals surface area contributed by atoms with Crippen molar-refractivity contribution in [3.8, 4) is 0 Å². The molecule has 20 heavy (non-hydrogen) atoms. The van der Waals surface area contributed by atoms with Crippen LogP contribution in [0.3, 0.4) is 0 Å². The molecule has 0 radical (unpaired) electrons. The van der Waals surface area contributed by atoms with Gasteiger partial charge < -0.3 is 0 Å². The highest BCUT2D eigenvalue weighted by atomic mass is 15.3. The van der Waals surface area contributed by atoms with Crippen LogP contribution in [-0.4, -0.2) is 11.4 Å². The van der Waals surface area contributed by atoms with Crippen molar-refractivity contribution in [1.29, 1.82) is 0 Å². The highest BCUT2D eigenvalue weighted by Gasteiger charge is 2.51. The van der Waals surface area contributed by atoms with E-state index >= 15 is 0 Å². The average Bonchev–Trinajstić information content (AvgIpc) is 2.65. The van der Waals surface area contributed by atoms with Crippen LogP contribution in [0.1, 0.15) is 35.2 Å². The van der Waals surface area contributed by atoms with Crippen molar-refractivity contribution in [2.45, 2.75) is 24.9 Å².